The van der Waals surface area contributed by atoms with Crippen LogP contribution in [-0.4, -0.2) is 24.1 Å². The van der Waals surface area contributed by atoms with Gasteiger partial charge in [-0.15, -0.1) is 0 Å². The van der Waals surface area contributed by atoms with Crippen LogP contribution in [0, 0.1) is 47.1 Å². The molecule has 0 aliphatic heterocycles. The molecule has 10 heteroatoms. The highest BCUT2D eigenvalue weighted by molar-refractivity contribution is 6.13. The Bertz CT molecular complexity index is 4740. The van der Waals surface area contributed by atoms with E-state index in [0.717, 1.165) is 93.9 Å². The Hall–Kier alpha value is -11.7. The van der Waals surface area contributed by atoms with Crippen molar-refractivity contribution >= 4 is 55.0 Å². The zero-order chi connectivity index (χ0) is 52.9. The highest BCUT2D eigenvalue weighted by atomic mass is 15.0. The first-order chi connectivity index (χ1) is 38.4. The first-order valence-electron chi connectivity index (χ1n) is 24.9. The fourth-order valence-corrected chi connectivity index (χ4v) is 10.7. The maximum absolute atomic E-state index is 11.4. The molecule has 0 fully saturated rings. The van der Waals surface area contributed by atoms with Gasteiger partial charge < -0.3 is 9.13 Å². The number of fused-ring (bicyclic) bond motifs is 6. The van der Waals surface area contributed by atoms with Crippen molar-refractivity contribution in [3.05, 3.63) is 258 Å². The second kappa shape index (κ2) is 18.9. The molecule has 0 unspecified atom stereocenters. The zero-order valence-corrected chi connectivity index (χ0v) is 41.3. The Morgan fingerprint density at radius 1 is 0.346 bits per heavy atom. The molecule has 0 spiro atoms. The highest BCUT2D eigenvalue weighted by Crippen LogP contribution is 2.45. The first-order valence-corrected chi connectivity index (χ1v) is 24.9. The van der Waals surface area contributed by atoms with Gasteiger partial charge >= 0.3 is 0 Å². The van der Waals surface area contributed by atoms with Gasteiger partial charge in [-0.25, -0.2) is 24.6 Å². The summed E-state index contributed by atoms with van der Waals surface area (Å²) < 4.78 is 4.46. The lowest BCUT2D eigenvalue weighted by atomic mass is 9.94. The number of para-hydroxylation sites is 2. The fraction of sp³-hybridized carbons (Fsp3) is 0. The van der Waals surface area contributed by atoms with Crippen molar-refractivity contribution in [1.29, 1.82) is 15.8 Å². The third-order valence-corrected chi connectivity index (χ3v) is 14.2. The summed E-state index contributed by atoms with van der Waals surface area (Å²) in [6, 6.07) is 78.1. The van der Waals surface area contributed by atoms with E-state index < -0.39 is 0 Å². The summed E-state index contributed by atoms with van der Waals surface area (Å²) in [5.41, 5.74) is 14.2. The SMILES string of the molecule is [C-]#[N+]c1cc(C#N)cc(-c2ccc3c(c2)c2ccccc2n3-c2ccc(-c3nc(-c4ccccc4)nc(-c4ccccc4)n3)cc2-c2c(C#N)cccc2-n2c3ccccc3c3cc(-c4cc(C#N)cc([N+]#[C-])c4)ccc32)c1. The molecule has 13 aromatic rings. The molecule has 3 aromatic heterocycles. The van der Waals surface area contributed by atoms with Gasteiger partial charge in [0.25, 0.3) is 0 Å². The molecule has 0 atom stereocenters. The summed E-state index contributed by atoms with van der Waals surface area (Å²) in [5, 5.41) is 35.1. The van der Waals surface area contributed by atoms with Crippen LogP contribution in [0.25, 0.3) is 132 Å². The molecule has 0 bridgehead atoms. The largest absolute Gasteiger partial charge is 0.309 e. The summed E-state index contributed by atoms with van der Waals surface area (Å²) in [6.07, 6.45) is 0. The third-order valence-electron chi connectivity index (χ3n) is 14.2. The number of hydrogen-bond donors (Lipinski definition) is 0. The van der Waals surface area contributed by atoms with Crippen LogP contribution in [0.15, 0.2) is 218 Å². The molecule has 78 heavy (non-hydrogen) atoms. The van der Waals surface area contributed by atoms with Gasteiger partial charge in [0.2, 0.25) is 0 Å². The standard InChI is InChI=1S/C68H36N10/c1-72-52-32-42(39-69)30-50(34-52)46-24-27-61-56(36-46)54-19-9-11-21-59(54)77(61)63-29-26-48(68-75-66(44-14-5-3-6-15-44)74-67(76-68)45-16-7-4-8-17-45)38-58(63)65-49(41-71)18-13-23-64(65)78-60-22-12-10-20-55(60)57-37-47(25-28-62(57)78)51-31-43(40-70)33-53(35-51)73-2/h3-38H. The summed E-state index contributed by atoms with van der Waals surface area (Å²) in [5.74, 6) is 1.47. The predicted molar refractivity (Wildman–Crippen MR) is 308 cm³/mol. The third kappa shape index (κ3) is 7.83. The van der Waals surface area contributed by atoms with Crippen LogP contribution in [-0.2, 0) is 0 Å². The van der Waals surface area contributed by atoms with Crippen LogP contribution >= 0.6 is 0 Å². The summed E-state index contributed by atoms with van der Waals surface area (Å²) in [6.45, 7) is 15.5. The van der Waals surface area contributed by atoms with Crippen LogP contribution < -0.4 is 0 Å². The van der Waals surface area contributed by atoms with E-state index in [4.69, 9.17) is 28.1 Å². The minimum absolute atomic E-state index is 0.386. The smallest absolute Gasteiger partial charge is 0.189 e. The number of rotatable bonds is 8. The molecule has 3 heterocycles. The molecule has 0 aliphatic rings. The van der Waals surface area contributed by atoms with Crippen molar-refractivity contribution in [1.82, 2.24) is 24.1 Å². The quantitative estimate of drug-likeness (QED) is 0.139. The second-order valence-electron chi connectivity index (χ2n) is 18.7. The second-order valence-corrected chi connectivity index (χ2v) is 18.7. The number of nitriles is 3. The molecule has 358 valence electrons. The lowest BCUT2D eigenvalue weighted by Crippen LogP contribution is -2.05. The number of aromatic nitrogens is 5. The minimum Gasteiger partial charge on any atom is -0.309 e. The summed E-state index contributed by atoms with van der Waals surface area (Å²) in [7, 11) is 0. The lowest BCUT2D eigenvalue weighted by molar-refractivity contribution is 1.07. The maximum Gasteiger partial charge on any atom is 0.189 e. The van der Waals surface area contributed by atoms with Gasteiger partial charge in [0.05, 0.1) is 70.4 Å². The van der Waals surface area contributed by atoms with E-state index in [9.17, 15) is 15.8 Å². The van der Waals surface area contributed by atoms with E-state index in [1.807, 2.05) is 140 Å². The van der Waals surface area contributed by atoms with Crippen molar-refractivity contribution in [2.75, 3.05) is 0 Å². The predicted octanol–water partition coefficient (Wildman–Crippen LogP) is 16.8. The molecular formula is C68H36N10. The van der Waals surface area contributed by atoms with Crippen LogP contribution in [0.3, 0.4) is 0 Å². The van der Waals surface area contributed by atoms with Crippen molar-refractivity contribution in [3.63, 3.8) is 0 Å². The Labute approximate surface area is 447 Å². The molecule has 0 saturated heterocycles. The average molecular weight is 993 g/mol. The Balaban J connectivity index is 1.10. The normalized spacial score (nSPS) is 11.0. The van der Waals surface area contributed by atoms with E-state index >= 15 is 0 Å². The van der Waals surface area contributed by atoms with Gasteiger partial charge in [0.15, 0.2) is 28.8 Å². The Morgan fingerprint density at radius 3 is 1.31 bits per heavy atom. The van der Waals surface area contributed by atoms with Crippen molar-refractivity contribution in [2.45, 2.75) is 0 Å². The van der Waals surface area contributed by atoms with Gasteiger partial charge in [0.1, 0.15) is 0 Å². The number of hydrogen-bond acceptors (Lipinski definition) is 6. The first kappa shape index (κ1) is 46.1. The van der Waals surface area contributed by atoms with Gasteiger partial charge in [-0.2, -0.15) is 15.8 Å². The maximum atomic E-state index is 11.4. The molecule has 0 N–H and O–H groups in total. The van der Waals surface area contributed by atoms with Crippen molar-refractivity contribution in [2.24, 2.45) is 0 Å². The molecule has 0 radical (unpaired) electrons. The Kier molecular flexibility index (Phi) is 11.2. The molecule has 13 rings (SSSR count). The zero-order valence-electron chi connectivity index (χ0n) is 41.3. The average Bonchev–Trinajstić information content (AvgIpc) is 4.20. The van der Waals surface area contributed by atoms with Crippen LogP contribution in [0.1, 0.15) is 16.7 Å². The summed E-state index contributed by atoms with van der Waals surface area (Å²) >= 11 is 0. The molecule has 10 nitrogen and oxygen atoms in total. The van der Waals surface area contributed by atoms with E-state index in [0.29, 0.717) is 56.7 Å². The van der Waals surface area contributed by atoms with Gasteiger partial charge in [-0.05, 0) is 125 Å². The molecule has 0 aliphatic carbocycles. The monoisotopic (exact) mass is 992 g/mol. The van der Waals surface area contributed by atoms with Crippen LogP contribution in [0.4, 0.5) is 11.4 Å². The van der Waals surface area contributed by atoms with E-state index in [1.165, 1.54) is 0 Å². The minimum atomic E-state index is 0.386. The molecule has 0 amide bonds. The molecule has 10 aromatic carbocycles. The van der Waals surface area contributed by atoms with Crippen LogP contribution in [0.2, 0.25) is 0 Å². The summed E-state index contributed by atoms with van der Waals surface area (Å²) in [4.78, 5) is 22.7. The van der Waals surface area contributed by atoms with Gasteiger partial charge in [-0.1, -0.05) is 115 Å². The van der Waals surface area contributed by atoms with Gasteiger partial charge in [0, 0.05) is 60.5 Å². The molecule has 0 saturated carbocycles. The highest BCUT2D eigenvalue weighted by Gasteiger charge is 2.25. The van der Waals surface area contributed by atoms with Crippen molar-refractivity contribution < 1.29 is 0 Å². The van der Waals surface area contributed by atoms with Gasteiger partial charge in [-0.3, -0.25) is 0 Å². The number of nitrogens with zero attached hydrogens (tertiary/aromatic N) is 10. The topological polar surface area (TPSA) is 129 Å². The molecular weight excluding hydrogens is 957 g/mol. The number of benzene rings is 10. The lowest BCUT2D eigenvalue weighted by Gasteiger charge is -2.20. The van der Waals surface area contributed by atoms with E-state index in [2.05, 4.69) is 104 Å². The van der Waals surface area contributed by atoms with Crippen molar-refractivity contribution in [3.8, 4) is 97.1 Å². The van der Waals surface area contributed by atoms with Crippen LogP contribution in [0.5, 0.6) is 0 Å². The van der Waals surface area contributed by atoms with E-state index in [-0.39, 0.29) is 0 Å². The Morgan fingerprint density at radius 2 is 0.808 bits per heavy atom. The fourth-order valence-electron chi connectivity index (χ4n) is 10.7. The van der Waals surface area contributed by atoms with E-state index in [1.54, 1.807) is 12.1 Å².